The molecule has 0 aromatic carbocycles. The van der Waals surface area contributed by atoms with Gasteiger partial charge in [0.15, 0.2) is 0 Å². The highest BCUT2D eigenvalue weighted by Crippen LogP contribution is 2.21. The van der Waals surface area contributed by atoms with Crippen LogP contribution in [0.1, 0.15) is 19.8 Å². The average Bonchev–Trinajstić information content (AvgIpc) is 2.60. The molecule has 0 saturated carbocycles. The van der Waals surface area contributed by atoms with E-state index in [2.05, 4.69) is 0 Å². The lowest BCUT2D eigenvalue weighted by Gasteiger charge is -2.38. The molecule has 2 rings (SSSR count). The van der Waals surface area contributed by atoms with E-state index in [1.165, 1.54) is 4.31 Å². The molecule has 2 aliphatic heterocycles. The predicted octanol–water partition coefficient (Wildman–Crippen LogP) is -0.635. The third kappa shape index (κ3) is 4.46. The van der Waals surface area contributed by atoms with E-state index in [1.807, 2.05) is 0 Å². The monoisotopic (exact) mass is 361 g/mol. The van der Waals surface area contributed by atoms with Gasteiger partial charge in [-0.05, 0) is 13.3 Å². The van der Waals surface area contributed by atoms with Crippen LogP contribution in [-0.4, -0.2) is 93.1 Å². The molecule has 0 N–H and O–H groups in total. The zero-order valence-electron chi connectivity index (χ0n) is 14.4. The van der Waals surface area contributed by atoms with E-state index in [0.717, 1.165) is 0 Å². The number of methoxy groups -OCH3 is 1. The number of likely N-dealkylation sites (tertiary alicyclic amines) is 1. The van der Waals surface area contributed by atoms with Crippen molar-refractivity contribution in [1.29, 1.82) is 0 Å². The Hall–Kier alpha value is -1.19. The second-order valence-corrected chi connectivity index (χ2v) is 8.45. The SMILES string of the molecule is CCS(=O)(=O)N1CCN(C(=O)C2CCC(=O)N(CCOC)C2)CC1. The first-order valence-corrected chi connectivity index (χ1v) is 10.0. The first-order valence-electron chi connectivity index (χ1n) is 8.42. The molecule has 2 aliphatic rings. The summed E-state index contributed by atoms with van der Waals surface area (Å²) in [6, 6.07) is 0. The average molecular weight is 361 g/mol. The van der Waals surface area contributed by atoms with Gasteiger partial charge in [-0.15, -0.1) is 0 Å². The van der Waals surface area contributed by atoms with Crippen molar-refractivity contribution in [2.45, 2.75) is 19.8 Å². The first kappa shape index (κ1) is 19.1. The van der Waals surface area contributed by atoms with Crippen LogP contribution in [0.5, 0.6) is 0 Å². The molecule has 2 amide bonds. The molecule has 2 fully saturated rings. The van der Waals surface area contributed by atoms with Crippen LogP contribution in [0, 0.1) is 5.92 Å². The van der Waals surface area contributed by atoms with E-state index in [1.54, 1.807) is 23.8 Å². The third-order valence-corrected chi connectivity index (χ3v) is 6.60. The Bertz CT molecular complexity index is 557. The van der Waals surface area contributed by atoms with Crippen LogP contribution in [0.3, 0.4) is 0 Å². The number of nitrogens with zero attached hydrogens (tertiary/aromatic N) is 3. The molecule has 0 radical (unpaired) electrons. The Labute approximate surface area is 143 Å². The number of ether oxygens (including phenoxy) is 1. The molecule has 8 nitrogen and oxygen atoms in total. The second-order valence-electron chi connectivity index (χ2n) is 6.19. The third-order valence-electron chi connectivity index (χ3n) is 4.72. The molecule has 24 heavy (non-hydrogen) atoms. The summed E-state index contributed by atoms with van der Waals surface area (Å²) < 4.78 is 30.2. The minimum Gasteiger partial charge on any atom is -0.383 e. The molecule has 2 heterocycles. The van der Waals surface area contributed by atoms with Crippen LogP contribution in [0.15, 0.2) is 0 Å². The van der Waals surface area contributed by atoms with Crippen LogP contribution in [0.2, 0.25) is 0 Å². The lowest BCUT2D eigenvalue weighted by molar-refractivity contribution is -0.144. The van der Waals surface area contributed by atoms with Crippen molar-refractivity contribution in [3.8, 4) is 0 Å². The van der Waals surface area contributed by atoms with Gasteiger partial charge in [0, 0.05) is 52.8 Å². The molecular weight excluding hydrogens is 334 g/mol. The number of hydrogen-bond acceptors (Lipinski definition) is 5. The van der Waals surface area contributed by atoms with Crippen LogP contribution in [0.25, 0.3) is 0 Å². The summed E-state index contributed by atoms with van der Waals surface area (Å²) >= 11 is 0. The van der Waals surface area contributed by atoms with Gasteiger partial charge in [0.1, 0.15) is 0 Å². The van der Waals surface area contributed by atoms with Gasteiger partial charge in [-0.25, -0.2) is 8.42 Å². The number of carbonyl (C=O) groups is 2. The summed E-state index contributed by atoms with van der Waals surface area (Å²) in [6.45, 7) is 4.54. The topological polar surface area (TPSA) is 87.2 Å². The fourth-order valence-electron chi connectivity index (χ4n) is 3.16. The highest BCUT2D eigenvalue weighted by molar-refractivity contribution is 7.89. The Balaban J connectivity index is 1.89. The largest absolute Gasteiger partial charge is 0.383 e. The zero-order chi connectivity index (χ0) is 17.7. The van der Waals surface area contributed by atoms with Gasteiger partial charge < -0.3 is 14.5 Å². The van der Waals surface area contributed by atoms with Crippen LogP contribution >= 0.6 is 0 Å². The minimum atomic E-state index is -3.19. The summed E-state index contributed by atoms with van der Waals surface area (Å²) in [7, 11) is -1.61. The van der Waals surface area contributed by atoms with Gasteiger partial charge in [0.25, 0.3) is 0 Å². The van der Waals surface area contributed by atoms with Crippen LogP contribution in [0.4, 0.5) is 0 Å². The molecule has 1 unspecified atom stereocenters. The Kier molecular flexibility index (Phi) is 6.59. The van der Waals surface area contributed by atoms with Gasteiger partial charge in [-0.3, -0.25) is 9.59 Å². The normalized spacial score (nSPS) is 23.6. The number of sulfonamides is 1. The van der Waals surface area contributed by atoms with Gasteiger partial charge in [-0.1, -0.05) is 0 Å². The lowest BCUT2D eigenvalue weighted by atomic mass is 9.95. The van der Waals surface area contributed by atoms with Crippen LogP contribution in [-0.2, 0) is 24.3 Å². The molecule has 0 aromatic rings. The van der Waals surface area contributed by atoms with Gasteiger partial charge >= 0.3 is 0 Å². The van der Waals surface area contributed by atoms with Crippen LogP contribution < -0.4 is 0 Å². The maximum Gasteiger partial charge on any atom is 0.227 e. The smallest absolute Gasteiger partial charge is 0.227 e. The van der Waals surface area contributed by atoms with Crippen molar-refractivity contribution in [3.63, 3.8) is 0 Å². The Morgan fingerprint density at radius 2 is 1.92 bits per heavy atom. The summed E-state index contributed by atoms with van der Waals surface area (Å²) in [5, 5.41) is 0. The number of amides is 2. The maximum atomic E-state index is 12.7. The lowest BCUT2D eigenvalue weighted by Crippen LogP contribution is -2.54. The zero-order valence-corrected chi connectivity index (χ0v) is 15.3. The fourth-order valence-corrected chi connectivity index (χ4v) is 4.25. The quantitative estimate of drug-likeness (QED) is 0.628. The van der Waals surface area contributed by atoms with E-state index >= 15 is 0 Å². The Morgan fingerprint density at radius 1 is 1.25 bits per heavy atom. The molecule has 1 atom stereocenters. The summed E-state index contributed by atoms with van der Waals surface area (Å²) in [4.78, 5) is 28.0. The molecule has 138 valence electrons. The molecule has 2 saturated heterocycles. The second kappa shape index (κ2) is 8.26. The van der Waals surface area contributed by atoms with Gasteiger partial charge in [-0.2, -0.15) is 4.31 Å². The summed E-state index contributed by atoms with van der Waals surface area (Å²) in [6.07, 6.45) is 0.943. The number of carbonyl (C=O) groups excluding carboxylic acids is 2. The maximum absolute atomic E-state index is 12.7. The van der Waals surface area contributed by atoms with Gasteiger partial charge in [0.05, 0.1) is 18.3 Å². The van der Waals surface area contributed by atoms with E-state index in [4.69, 9.17) is 4.74 Å². The van der Waals surface area contributed by atoms with E-state index in [9.17, 15) is 18.0 Å². The van der Waals surface area contributed by atoms with Crippen molar-refractivity contribution >= 4 is 21.8 Å². The fraction of sp³-hybridized carbons (Fsp3) is 0.867. The molecule has 0 aliphatic carbocycles. The number of rotatable bonds is 6. The Morgan fingerprint density at radius 3 is 2.50 bits per heavy atom. The van der Waals surface area contributed by atoms with Gasteiger partial charge in [0.2, 0.25) is 21.8 Å². The number of piperidine rings is 1. The van der Waals surface area contributed by atoms with E-state index in [-0.39, 0.29) is 23.5 Å². The van der Waals surface area contributed by atoms with Crippen molar-refractivity contribution < 1.29 is 22.7 Å². The van der Waals surface area contributed by atoms with E-state index in [0.29, 0.717) is 58.7 Å². The van der Waals surface area contributed by atoms with Crippen molar-refractivity contribution in [1.82, 2.24) is 14.1 Å². The molecule has 0 bridgehead atoms. The highest BCUT2D eigenvalue weighted by atomic mass is 32.2. The minimum absolute atomic E-state index is 0.0264. The van der Waals surface area contributed by atoms with E-state index < -0.39 is 10.0 Å². The first-order chi connectivity index (χ1) is 11.4. The number of hydrogen-bond donors (Lipinski definition) is 0. The van der Waals surface area contributed by atoms with Crippen molar-refractivity contribution in [2.24, 2.45) is 5.92 Å². The summed E-state index contributed by atoms with van der Waals surface area (Å²) in [5.74, 6) is -0.0255. The molecule has 9 heteroatoms. The molecule has 0 aromatic heterocycles. The molecular formula is C15H27N3O5S. The van der Waals surface area contributed by atoms with Crippen molar-refractivity contribution in [2.75, 3.05) is 58.7 Å². The highest BCUT2D eigenvalue weighted by Gasteiger charge is 2.35. The van der Waals surface area contributed by atoms with Crippen molar-refractivity contribution in [3.05, 3.63) is 0 Å². The number of piperazine rings is 1. The summed E-state index contributed by atoms with van der Waals surface area (Å²) in [5.41, 5.74) is 0. The molecule has 0 spiro atoms. The standard InChI is InChI=1S/C15H27N3O5S/c1-3-24(21,22)18-8-6-16(7-9-18)15(20)13-4-5-14(19)17(12-13)10-11-23-2/h13H,3-12H2,1-2H3. The predicted molar refractivity (Wildman–Crippen MR) is 88.8 cm³/mol.